The van der Waals surface area contributed by atoms with Crippen molar-refractivity contribution in [2.75, 3.05) is 0 Å². The van der Waals surface area contributed by atoms with Crippen LogP contribution < -0.4 is 5.46 Å². The van der Waals surface area contributed by atoms with Gasteiger partial charge in [-0.25, -0.2) is 4.92 Å². The molecule has 0 saturated heterocycles. The quantitative estimate of drug-likeness (QED) is 0.612. The predicted octanol–water partition coefficient (Wildman–Crippen LogP) is 0.689. The van der Waals surface area contributed by atoms with Gasteiger partial charge in [-0.2, -0.15) is 5.10 Å². The average Bonchev–Trinajstić information content (AvgIpc) is 2.36. The second-order valence-corrected chi connectivity index (χ2v) is 4.22. The van der Waals surface area contributed by atoms with Gasteiger partial charge in [0.05, 0.1) is 6.21 Å². The fraction of sp³-hybridized carbons (Fsp3) is 0.231. The third-order valence-electron chi connectivity index (χ3n) is 2.89. The molecule has 0 aromatic heterocycles. The van der Waals surface area contributed by atoms with E-state index in [1.165, 1.54) is 6.92 Å². The molecule has 4 nitrogen and oxygen atoms in total. The number of hydrazone groups is 1. The number of carbonyl (C=O) groups is 1. The maximum Gasteiger partial charge on any atom is 0.474 e. The standard InChI is InChI=1S/C13H15BN2O2/c1-3-4-5-11-6-7-13-12(8-11)9-15-16(10(2)17)14(13)18/h3-4,6-9,18H,5H2,1-2H3/b4-3+. The van der Waals surface area contributed by atoms with E-state index in [1.54, 1.807) is 6.21 Å². The predicted molar refractivity (Wildman–Crippen MR) is 72.7 cm³/mol. The topological polar surface area (TPSA) is 52.9 Å². The lowest BCUT2D eigenvalue weighted by molar-refractivity contribution is -0.125. The van der Waals surface area contributed by atoms with Crippen molar-refractivity contribution in [2.24, 2.45) is 5.10 Å². The number of fused-ring (bicyclic) bond motifs is 1. The van der Waals surface area contributed by atoms with Crippen molar-refractivity contribution in [1.82, 2.24) is 4.92 Å². The molecule has 92 valence electrons. The first-order valence-electron chi connectivity index (χ1n) is 5.89. The van der Waals surface area contributed by atoms with Gasteiger partial charge in [0.1, 0.15) is 0 Å². The zero-order valence-electron chi connectivity index (χ0n) is 10.5. The normalized spacial score (nSPS) is 14.2. The van der Waals surface area contributed by atoms with Gasteiger partial charge in [0.2, 0.25) is 5.91 Å². The van der Waals surface area contributed by atoms with Crippen LogP contribution in [0.25, 0.3) is 0 Å². The Kier molecular flexibility index (Phi) is 3.62. The van der Waals surface area contributed by atoms with Gasteiger partial charge in [0.15, 0.2) is 0 Å². The van der Waals surface area contributed by atoms with Gasteiger partial charge in [0, 0.05) is 6.92 Å². The summed E-state index contributed by atoms with van der Waals surface area (Å²) in [6.07, 6.45) is 6.53. The van der Waals surface area contributed by atoms with Crippen molar-refractivity contribution in [3.05, 3.63) is 41.5 Å². The van der Waals surface area contributed by atoms with E-state index in [4.69, 9.17) is 0 Å². The highest BCUT2D eigenvalue weighted by Gasteiger charge is 2.31. The van der Waals surface area contributed by atoms with Gasteiger partial charge in [-0.3, -0.25) is 4.79 Å². The summed E-state index contributed by atoms with van der Waals surface area (Å²) in [6.45, 7) is 3.36. The monoisotopic (exact) mass is 242 g/mol. The maximum atomic E-state index is 11.3. The van der Waals surface area contributed by atoms with Gasteiger partial charge in [-0.15, -0.1) is 0 Å². The highest BCUT2D eigenvalue weighted by molar-refractivity contribution is 6.67. The molecule has 0 radical (unpaired) electrons. The first kappa shape index (κ1) is 12.6. The molecule has 0 atom stereocenters. The molecule has 5 heteroatoms. The summed E-state index contributed by atoms with van der Waals surface area (Å²) in [5.74, 6) is -0.276. The van der Waals surface area contributed by atoms with E-state index in [0.717, 1.165) is 22.5 Å². The number of amides is 1. The second kappa shape index (κ2) is 5.18. The largest absolute Gasteiger partial charge is 0.474 e. The van der Waals surface area contributed by atoms with Gasteiger partial charge in [-0.05, 0) is 29.9 Å². The molecule has 1 amide bonds. The highest BCUT2D eigenvalue weighted by Crippen LogP contribution is 2.10. The number of nitrogens with zero attached hydrogens (tertiary/aromatic N) is 2. The van der Waals surface area contributed by atoms with Crippen molar-refractivity contribution in [3.8, 4) is 0 Å². The number of benzene rings is 1. The Morgan fingerprint density at radius 2 is 2.33 bits per heavy atom. The lowest BCUT2D eigenvalue weighted by atomic mass is 9.69. The minimum absolute atomic E-state index is 0.276. The van der Waals surface area contributed by atoms with Crippen LogP contribution in [0.3, 0.4) is 0 Å². The first-order valence-corrected chi connectivity index (χ1v) is 5.89. The third-order valence-corrected chi connectivity index (χ3v) is 2.89. The summed E-state index contributed by atoms with van der Waals surface area (Å²) in [5, 5.41) is 14.0. The van der Waals surface area contributed by atoms with E-state index < -0.39 is 7.05 Å². The Morgan fingerprint density at radius 3 is 3.00 bits per heavy atom. The Morgan fingerprint density at radius 1 is 1.56 bits per heavy atom. The van der Waals surface area contributed by atoms with Crippen LogP contribution in [-0.2, 0) is 11.2 Å². The van der Waals surface area contributed by atoms with E-state index >= 15 is 0 Å². The van der Waals surface area contributed by atoms with E-state index in [-0.39, 0.29) is 5.91 Å². The van der Waals surface area contributed by atoms with Crippen molar-refractivity contribution in [2.45, 2.75) is 20.3 Å². The summed E-state index contributed by atoms with van der Waals surface area (Å²) in [5.41, 5.74) is 2.73. The summed E-state index contributed by atoms with van der Waals surface area (Å²) >= 11 is 0. The molecular formula is C13H15BN2O2. The third kappa shape index (κ3) is 2.36. The molecule has 0 bridgehead atoms. The van der Waals surface area contributed by atoms with E-state index in [0.29, 0.717) is 5.46 Å². The molecule has 1 N–H and O–H groups in total. The summed E-state index contributed by atoms with van der Waals surface area (Å²) in [4.78, 5) is 12.3. The molecule has 1 heterocycles. The van der Waals surface area contributed by atoms with Crippen LogP contribution in [0.15, 0.2) is 35.5 Å². The second-order valence-electron chi connectivity index (χ2n) is 4.22. The minimum Gasteiger partial charge on any atom is -0.427 e. The first-order chi connectivity index (χ1) is 8.63. The van der Waals surface area contributed by atoms with Crippen LogP contribution in [0.5, 0.6) is 0 Å². The van der Waals surface area contributed by atoms with Crippen LogP contribution >= 0.6 is 0 Å². The summed E-state index contributed by atoms with van der Waals surface area (Å²) in [6, 6.07) is 5.79. The molecule has 1 aromatic carbocycles. The number of carbonyl (C=O) groups excluding carboxylic acids is 1. The molecular weight excluding hydrogens is 227 g/mol. The molecule has 18 heavy (non-hydrogen) atoms. The van der Waals surface area contributed by atoms with Crippen molar-refractivity contribution >= 4 is 24.6 Å². The fourth-order valence-corrected chi connectivity index (χ4v) is 1.92. The lowest BCUT2D eigenvalue weighted by Gasteiger charge is -2.23. The Hall–Kier alpha value is -1.88. The van der Waals surface area contributed by atoms with Crippen LogP contribution in [0.2, 0.25) is 0 Å². The molecule has 2 rings (SSSR count). The molecule has 1 aliphatic heterocycles. The van der Waals surface area contributed by atoms with Crippen LogP contribution in [0.4, 0.5) is 0 Å². The molecule has 1 aromatic rings. The minimum atomic E-state index is -0.988. The van der Waals surface area contributed by atoms with Crippen molar-refractivity contribution in [3.63, 3.8) is 0 Å². The van der Waals surface area contributed by atoms with Gasteiger partial charge in [-0.1, -0.05) is 30.4 Å². The van der Waals surface area contributed by atoms with Crippen molar-refractivity contribution < 1.29 is 9.82 Å². The number of hydrogen-bond donors (Lipinski definition) is 1. The molecule has 1 aliphatic rings. The molecule has 0 spiro atoms. The smallest absolute Gasteiger partial charge is 0.427 e. The van der Waals surface area contributed by atoms with Crippen molar-refractivity contribution in [1.29, 1.82) is 0 Å². The highest BCUT2D eigenvalue weighted by atomic mass is 16.2. The number of hydrogen-bond acceptors (Lipinski definition) is 3. The Balaban J connectivity index is 2.32. The number of rotatable bonds is 2. The lowest BCUT2D eigenvalue weighted by Crippen LogP contribution is -2.51. The van der Waals surface area contributed by atoms with Gasteiger partial charge in [0.25, 0.3) is 0 Å². The summed E-state index contributed by atoms with van der Waals surface area (Å²) < 4.78 is 0. The van der Waals surface area contributed by atoms with E-state index in [9.17, 15) is 9.82 Å². The van der Waals surface area contributed by atoms with Crippen LogP contribution in [0.1, 0.15) is 25.0 Å². The Labute approximate surface area is 107 Å². The van der Waals surface area contributed by atoms with E-state index in [2.05, 4.69) is 11.2 Å². The molecule has 0 aliphatic carbocycles. The molecule has 0 saturated carbocycles. The summed E-state index contributed by atoms with van der Waals surface area (Å²) in [7, 11) is -0.988. The van der Waals surface area contributed by atoms with Gasteiger partial charge < -0.3 is 5.02 Å². The zero-order valence-corrected chi connectivity index (χ0v) is 10.5. The number of allylic oxidation sites excluding steroid dienone is 2. The van der Waals surface area contributed by atoms with E-state index in [1.807, 2.05) is 31.2 Å². The fourth-order valence-electron chi connectivity index (χ4n) is 1.92. The van der Waals surface area contributed by atoms with Crippen LogP contribution in [-0.4, -0.2) is 29.1 Å². The molecule has 0 fully saturated rings. The average molecular weight is 242 g/mol. The van der Waals surface area contributed by atoms with Gasteiger partial charge >= 0.3 is 7.05 Å². The van der Waals surface area contributed by atoms with Crippen LogP contribution in [0, 0.1) is 0 Å². The maximum absolute atomic E-state index is 11.3. The molecule has 0 unspecified atom stereocenters. The Bertz CT molecular complexity index is 526. The zero-order chi connectivity index (χ0) is 13.1. The SMILES string of the molecule is C/C=C/Cc1ccc2c(c1)C=NN(C(C)=O)B2O.